The standard InChI is InChI=1S/C19H26N6O/c26-19(17-6-11-25(23-17)16-4-3-7-20-14-16)22-13-15-5-8-21-18(12-15)24-9-1-2-10-24/h5-6,8,11-12,16,20H,1-4,7,9-10,13-14H2,(H,22,26). The second-order valence-electron chi connectivity index (χ2n) is 7.08. The van der Waals surface area contributed by atoms with E-state index in [1.165, 1.54) is 12.8 Å². The third kappa shape index (κ3) is 3.88. The molecular formula is C19H26N6O. The molecule has 7 heteroatoms. The van der Waals surface area contributed by atoms with E-state index in [1.54, 1.807) is 6.07 Å². The van der Waals surface area contributed by atoms with Crippen molar-refractivity contribution >= 4 is 11.7 Å². The first-order chi connectivity index (χ1) is 12.8. The number of hydrogen-bond acceptors (Lipinski definition) is 5. The van der Waals surface area contributed by atoms with Crippen LogP contribution in [0.15, 0.2) is 30.6 Å². The van der Waals surface area contributed by atoms with E-state index >= 15 is 0 Å². The van der Waals surface area contributed by atoms with Gasteiger partial charge in [-0.15, -0.1) is 0 Å². The summed E-state index contributed by atoms with van der Waals surface area (Å²) in [5, 5.41) is 10.8. The molecule has 1 amide bonds. The van der Waals surface area contributed by atoms with E-state index in [1.807, 2.05) is 23.1 Å². The Kier molecular flexibility index (Phi) is 5.15. The van der Waals surface area contributed by atoms with Gasteiger partial charge in [0.05, 0.1) is 6.04 Å². The predicted octanol–water partition coefficient (Wildman–Crippen LogP) is 1.73. The molecule has 0 radical (unpaired) electrons. The van der Waals surface area contributed by atoms with Crippen LogP contribution in [0.2, 0.25) is 0 Å². The highest BCUT2D eigenvalue weighted by Gasteiger charge is 2.18. The smallest absolute Gasteiger partial charge is 0.272 e. The molecule has 7 nitrogen and oxygen atoms in total. The van der Waals surface area contributed by atoms with Gasteiger partial charge in [0, 0.05) is 38.6 Å². The average molecular weight is 354 g/mol. The summed E-state index contributed by atoms with van der Waals surface area (Å²) in [7, 11) is 0. The van der Waals surface area contributed by atoms with Crippen molar-refractivity contribution in [1.82, 2.24) is 25.4 Å². The molecule has 4 rings (SSSR count). The highest BCUT2D eigenvalue weighted by molar-refractivity contribution is 5.92. The van der Waals surface area contributed by atoms with Gasteiger partial charge in [0.25, 0.3) is 5.91 Å². The summed E-state index contributed by atoms with van der Waals surface area (Å²) in [4.78, 5) is 19.2. The van der Waals surface area contributed by atoms with Crippen LogP contribution in [-0.4, -0.2) is 46.9 Å². The molecule has 2 aliphatic heterocycles. The van der Waals surface area contributed by atoms with Crippen molar-refractivity contribution in [1.29, 1.82) is 0 Å². The number of nitrogens with one attached hydrogen (secondary N) is 2. The largest absolute Gasteiger partial charge is 0.357 e. The number of piperidine rings is 1. The molecule has 0 bridgehead atoms. The van der Waals surface area contributed by atoms with Crippen LogP contribution in [0.25, 0.3) is 0 Å². The van der Waals surface area contributed by atoms with Crippen LogP contribution < -0.4 is 15.5 Å². The van der Waals surface area contributed by atoms with Gasteiger partial charge >= 0.3 is 0 Å². The van der Waals surface area contributed by atoms with Crippen molar-refractivity contribution in [3.63, 3.8) is 0 Å². The number of rotatable bonds is 5. The van der Waals surface area contributed by atoms with Crippen molar-refractivity contribution in [2.24, 2.45) is 0 Å². The fourth-order valence-electron chi connectivity index (χ4n) is 3.68. The lowest BCUT2D eigenvalue weighted by Gasteiger charge is -2.22. The minimum Gasteiger partial charge on any atom is -0.357 e. The zero-order chi connectivity index (χ0) is 17.8. The van der Waals surface area contributed by atoms with E-state index < -0.39 is 0 Å². The second kappa shape index (κ2) is 7.86. The molecule has 0 aromatic carbocycles. The Morgan fingerprint density at radius 1 is 1.27 bits per heavy atom. The fraction of sp³-hybridized carbons (Fsp3) is 0.526. The summed E-state index contributed by atoms with van der Waals surface area (Å²) >= 11 is 0. The highest BCUT2D eigenvalue weighted by atomic mass is 16.1. The van der Waals surface area contributed by atoms with Gasteiger partial charge in [-0.3, -0.25) is 9.48 Å². The lowest BCUT2D eigenvalue weighted by Crippen LogP contribution is -2.32. The molecule has 138 valence electrons. The van der Waals surface area contributed by atoms with Crippen molar-refractivity contribution in [2.75, 3.05) is 31.1 Å². The molecule has 1 unspecified atom stereocenters. The maximum atomic E-state index is 12.4. The SMILES string of the molecule is O=C(NCc1ccnc(N2CCCC2)c1)c1ccn(C2CCCNC2)n1. The van der Waals surface area contributed by atoms with E-state index in [2.05, 4.69) is 31.7 Å². The topological polar surface area (TPSA) is 75.1 Å². The van der Waals surface area contributed by atoms with Gasteiger partial charge in [-0.05, 0) is 56.0 Å². The van der Waals surface area contributed by atoms with E-state index in [0.717, 1.165) is 50.4 Å². The van der Waals surface area contributed by atoms with Crippen LogP contribution in [-0.2, 0) is 6.54 Å². The molecule has 26 heavy (non-hydrogen) atoms. The van der Waals surface area contributed by atoms with Crippen LogP contribution in [0.5, 0.6) is 0 Å². The Hall–Kier alpha value is -2.41. The third-order valence-corrected chi connectivity index (χ3v) is 5.18. The predicted molar refractivity (Wildman–Crippen MR) is 100 cm³/mol. The fourth-order valence-corrected chi connectivity index (χ4v) is 3.68. The number of carbonyl (C=O) groups excluding carboxylic acids is 1. The Morgan fingerprint density at radius 3 is 2.96 bits per heavy atom. The lowest BCUT2D eigenvalue weighted by molar-refractivity contribution is 0.0944. The first-order valence-electron chi connectivity index (χ1n) is 9.53. The van der Waals surface area contributed by atoms with Crippen molar-refractivity contribution in [2.45, 2.75) is 38.3 Å². The molecule has 1 atom stereocenters. The van der Waals surface area contributed by atoms with Gasteiger partial charge in [-0.1, -0.05) is 0 Å². The lowest BCUT2D eigenvalue weighted by atomic mass is 10.1. The minimum atomic E-state index is -0.132. The van der Waals surface area contributed by atoms with Gasteiger partial charge in [-0.25, -0.2) is 4.98 Å². The maximum absolute atomic E-state index is 12.4. The van der Waals surface area contributed by atoms with Gasteiger partial charge in [-0.2, -0.15) is 5.10 Å². The molecule has 2 aromatic rings. The molecule has 0 saturated carbocycles. The second-order valence-corrected chi connectivity index (χ2v) is 7.08. The molecule has 4 heterocycles. The summed E-state index contributed by atoms with van der Waals surface area (Å²) in [5.74, 6) is 0.871. The minimum absolute atomic E-state index is 0.132. The monoisotopic (exact) mass is 354 g/mol. The first-order valence-corrected chi connectivity index (χ1v) is 9.53. The molecule has 2 fully saturated rings. The number of pyridine rings is 1. The Bertz CT molecular complexity index is 746. The van der Waals surface area contributed by atoms with Crippen LogP contribution >= 0.6 is 0 Å². The average Bonchev–Trinajstić information content (AvgIpc) is 3.39. The first kappa shape index (κ1) is 17.0. The molecule has 2 aliphatic rings. The summed E-state index contributed by atoms with van der Waals surface area (Å²) < 4.78 is 1.92. The van der Waals surface area contributed by atoms with E-state index in [0.29, 0.717) is 18.3 Å². The number of carbonyl (C=O) groups is 1. The van der Waals surface area contributed by atoms with E-state index in [9.17, 15) is 4.79 Å². The van der Waals surface area contributed by atoms with Gasteiger partial charge < -0.3 is 15.5 Å². The van der Waals surface area contributed by atoms with E-state index in [-0.39, 0.29) is 5.91 Å². The molecular weight excluding hydrogens is 328 g/mol. The van der Waals surface area contributed by atoms with Crippen molar-refractivity contribution in [3.8, 4) is 0 Å². The summed E-state index contributed by atoms with van der Waals surface area (Å²) in [6.07, 6.45) is 8.42. The van der Waals surface area contributed by atoms with Crippen LogP contribution in [0.1, 0.15) is 47.8 Å². The Labute approximate surface area is 153 Å². The number of aromatic nitrogens is 3. The van der Waals surface area contributed by atoms with Crippen molar-refractivity contribution < 1.29 is 4.79 Å². The van der Waals surface area contributed by atoms with Gasteiger partial charge in [0.15, 0.2) is 0 Å². The maximum Gasteiger partial charge on any atom is 0.272 e. The number of anilines is 1. The van der Waals surface area contributed by atoms with Crippen molar-refractivity contribution in [3.05, 3.63) is 41.9 Å². The summed E-state index contributed by atoms with van der Waals surface area (Å²) in [5.41, 5.74) is 1.54. The Morgan fingerprint density at radius 2 is 2.15 bits per heavy atom. The zero-order valence-corrected chi connectivity index (χ0v) is 15.0. The van der Waals surface area contributed by atoms with Crippen LogP contribution in [0.4, 0.5) is 5.82 Å². The summed E-state index contributed by atoms with van der Waals surface area (Å²) in [6, 6.07) is 6.16. The summed E-state index contributed by atoms with van der Waals surface area (Å²) in [6.45, 7) is 4.60. The third-order valence-electron chi connectivity index (χ3n) is 5.18. The molecule has 2 aromatic heterocycles. The van der Waals surface area contributed by atoms with Gasteiger partial charge in [0.1, 0.15) is 11.5 Å². The Balaban J connectivity index is 1.35. The number of hydrogen-bond donors (Lipinski definition) is 2. The highest BCUT2D eigenvalue weighted by Crippen LogP contribution is 2.19. The molecule has 2 saturated heterocycles. The van der Waals surface area contributed by atoms with E-state index in [4.69, 9.17) is 0 Å². The molecule has 0 spiro atoms. The molecule has 2 N–H and O–H groups in total. The number of nitrogens with zero attached hydrogens (tertiary/aromatic N) is 4. The van der Waals surface area contributed by atoms with Crippen LogP contribution in [0, 0.1) is 0 Å². The number of amides is 1. The molecule has 0 aliphatic carbocycles. The van der Waals surface area contributed by atoms with Crippen LogP contribution in [0.3, 0.4) is 0 Å². The quantitative estimate of drug-likeness (QED) is 0.855. The zero-order valence-electron chi connectivity index (χ0n) is 15.0. The normalized spacial score (nSPS) is 20.3. The van der Waals surface area contributed by atoms with Gasteiger partial charge in [0.2, 0.25) is 0 Å².